The van der Waals surface area contributed by atoms with E-state index in [1.165, 1.54) is 0 Å². The number of anilines is 2. The Bertz CT molecular complexity index is 919. The summed E-state index contributed by atoms with van der Waals surface area (Å²) in [7, 11) is 1.63. The summed E-state index contributed by atoms with van der Waals surface area (Å²) in [6.45, 7) is 2.60. The molecule has 0 aromatic heterocycles. The number of hydrogen-bond donors (Lipinski definition) is 2. The van der Waals surface area contributed by atoms with Gasteiger partial charge in [-0.25, -0.2) is 4.79 Å². The maximum atomic E-state index is 12.7. The van der Waals surface area contributed by atoms with Crippen LogP contribution in [0, 0.1) is 12.8 Å². The van der Waals surface area contributed by atoms with E-state index in [1.807, 2.05) is 48.2 Å². The van der Waals surface area contributed by atoms with E-state index in [1.54, 1.807) is 7.11 Å². The van der Waals surface area contributed by atoms with Crippen LogP contribution in [0.2, 0.25) is 0 Å². The number of methoxy groups -OCH3 is 1. The number of urea groups is 1. The molecule has 1 saturated carbocycles. The Kier molecular flexibility index (Phi) is 5.43. The van der Waals surface area contributed by atoms with Crippen LogP contribution >= 0.6 is 0 Å². The minimum atomic E-state index is -0.0386. The molecule has 6 heteroatoms. The van der Waals surface area contributed by atoms with Crippen molar-refractivity contribution in [1.29, 1.82) is 0 Å². The highest BCUT2D eigenvalue weighted by molar-refractivity contribution is 5.93. The first-order valence-corrected chi connectivity index (χ1v) is 10.2. The van der Waals surface area contributed by atoms with Crippen LogP contribution in [0.25, 0.3) is 0 Å². The molecular formula is C23H27N3O3. The van der Waals surface area contributed by atoms with Gasteiger partial charge in [0.05, 0.1) is 7.11 Å². The zero-order valence-electron chi connectivity index (χ0n) is 16.9. The molecule has 2 N–H and O–H groups in total. The molecule has 2 aromatic rings. The van der Waals surface area contributed by atoms with Crippen LogP contribution in [0.4, 0.5) is 16.2 Å². The topological polar surface area (TPSA) is 70.7 Å². The van der Waals surface area contributed by atoms with Gasteiger partial charge in [0, 0.05) is 35.9 Å². The Labute approximate surface area is 171 Å². The lowest BCUT2D eigenvalue weighted by Gasteiger charge is -2.39. The number of carbonyl (C=O) groups excluding carboxylic acids is 2. The molecule has 0 spiro atoms. The first-order chi connectivity index (χ1) is 14.0. The summed E-state index contributed by atoms with van der Waals surface area (Å²) in [5.74, 6) is 0.782. The van der Waals surface area contributed by atoms with Crippen molar-refractivity contribution in [2.75, 3.05) is 17.7 Å². The van der Waals surface area contributed by atoms with Gasteiger partial charge in [-0.15, -0.1) is 0 Å². The molecule has 1 aliphatic heterocycles. The van der Waals surface area contributed by atoms with Crippen LogP contribution in [0.3, 0.4) is 0 Å². The van der Waals surface area contributed by atoms with Gasteiger partial charge in [0.1, 0.15) is 5.75 Å². The van der Waals surface area contributed by atoms with E-state index in [2.05, 4.69) is 16.7 Å². The number of carbonyl (C=O) groups is 2. The average molecular weight is 393 g/mol. The number of benzene rings is 2. The highest BCUT2D eigenvalue weighted by atomic mass is 16.5. The fourth-order valence-corrected chi connectivity index (χ4v) is 4.31. The number of hydrogen-bond acceptors (Lipinski definition) is 3. The average Bonchev–Trinajstić information content (AvgIpc) is 2.74. The van der Waals surface area contributed by atoms with Gasteiger partial charge < -0.3 is 20.3 Å². The van der Waals surface area contributed by atoms with Gasteiger partial charge >= 0.3 is 6.03 Å². The first-order valence-electron chi connectivity index (χ1n) is 10.2. The Morgan fingerprint density at radius 2 is 1.90 bits per heavy atom. The van der Waals surface area contributed by atoms with Crippen LogP contribution in [-0.2, 0) is 11.3 Å². The SMILES string of the molecule is COc1cc(NC(=O)C2CCC(N3Cc4ccccc4NC3=O)CC2)ccc1C. The predicted molar refractivity (Wildman–Crippen MR) is 113 cm³/mol. The fraction of sp³-hybridized carbons (Fsp3) is 0.391. The Hall–Kier alpha value is -3.02. The van der Waals surface area contributed by atoms with Gasteiger partial charge in [0.15, 0.2) is 0 Å². The van der Waals surface area contributed by atoms with Gasteiger partial charge in [-0.3, -0.25) is 4.79 Å². The Morgan fingerprint density at radius 3 is 2.66 bits per heavy atom. The number of amides is 3. The summed E-state index contributed by atoms with van der Waals surface area (Å²) in [5, 5.41) is 6.00. The lowest BCUT2D eigenvalue weighted by atomic mass is 9.84. The normalized spacial score (nSPS) is 21.2. The Balaban J connectivity index is 1.35. The van der Waals surface area contributed by atoms with Crippen molar-refractivity contribution < 1.29 is 14.3 Å². The lowest BCUT2D eigenvalue weighted by Crippen LogP contribution is -2.47. The number of para-hydroxylation sites is 1. The minimum Gasteiger partial charge on any atom is -0.496 e. The zero-order chi connectivity index (χ0) is 20.4. The molecule has 2 aliphatic rings. The second-order valence-corrected chi connectivity index (χ2v) is 7.89. The predicted octanol–water partition coefficient (Wildman–Crippen LogP) is 4.55. The molecule has 152 valence electrons. The molecule has 2 aromatic carbocycles. The lowest BCUT2D eigenvalue weighted by molar-refractivity contribution is -0.121. The summed E-state index contributed by atoms with van der Waals surface area (Å²) < 4.78 is 5.33. The molecule has 1 aliphatic carbocycles. The molecule has 0 atom stereocenters. The second kappa shape index (κ2) is 8.15. The molecule has 6 nitrogen and oxygen atoms in total. The minimum absolute atomic E-state index is 0.0290. The van der Waals surface area contributed by atoms with Gasteiger partial charge in [0.25, 0.3) is 0 Å². The number of aryl methyl sites for hydroxylation is 1. The van der Waals surface area contributed by atoms with E-state index in [0.29, 0.717) is 6.54 Å². The molecule has 0 bridgehead atoms. The van der Waals surface area contributed by atoms with Gasteiger partial charge in [-0.05, 0) is 55.9 Å². The smallest absolute Gasteiger partial charge is 0.322 e. The standard InChI is InChI=1S/C23H27N3O3/c1-15-7-10-18(13-21(15)29-2)24-22(27)16-8-11-19(12-9-16)26-14-17-5-3-4-6-20(17)25-23(26)28/h3-7,10,13,16,19H,8-9,11-12,14H2,1-2H3,(H,24,27)(H,25,28). The zero-order valence-corrected chi connectivity index (χ0v) is 16.9. The van der Waals surface area contributed by atoms with Crippen molar-refractivity contribution in [3.63, 3.8) is 0 Å². The van der Waals surface area contributed by atoms with Gasteiger partial charge in [-0.2, -0.15) is 0 Å². The molecule has 1 fully saturated rings. The summed E-state index contributed by atoms with van der Waals surface area (Å²) in [6, 6.07) is 13.7. The van der Waals surface area contributed by atoms with E-state index in [9.17, 15) is 9.59 Å². The maximum Gasteiger partial charge on any atom is 0.322 e. The first kappa shape index (κ1) is 19.3. The van der Waals surface area contributed by atoms with Crippen LogP contribution in [0.1, 0.15) is 36.8 Å². The van der Waals surface area contributed by atoms with Crippen LogP contribution < -0.4 is 15.4 Å². The third-order valence-corrected chi connectivity index (χ3v) is 6.04. The van der Waals surface area contributed by atoms with E-state index < -0.39 is 0 Å². The second-order valence-electron chi connectivity index (χ2n) is 7.89. The van der Waals surface area contributed by atoms with E-state index in [-0.39, 0.29) is 23.9 Å². The number of nitrogens with zero attached hydrogens (tertiary/aromatic N) is 1. The number of ether oxygens (including phenoxy) is 1. The highest BCUT2D eigenvalue weighted by Crippen LogP contribution is 2.33. The molecule has 3 amide bonds. The van der Waals surface area contributed by atoms with Crippen molar-refractivity contribution in [2.24, 2.45) is 5.92 Å². The van der Waals surface area contributed by atoms with Crippen molar-refractivity contribution in [3.8, 4) is 5.75 Å². The van der Waals surface area contributed by atoms with E-state index in [0.717, 1.165) is 53.9 Å². The monoisotopic (exact) mass is 393 g/mol. The maximum absolute atomic E-state index is 12.7. The molecule has 0 unspecified atom stereocenters. The van der Waals surface area contributed by atoms with Crippen LogP contribution in [0.15, 0.2) is 42.5 Å². The molecule has 0 saturated heterocycles. The van der Waals surface area contributed by atoms with E-state index in [4.69, 9.17) is 4.74 Å². The highest BCUT2D eigenvalue weighted by Gasteiger charge is 2.34. The molecule has 29 heavy (non-hydrogen) atoms. The molecule has 1 heterocycles. The quantitative estimate of drug-likeness (QED) is 0.801. The van der Waals surface area contributed by atoms with Gasteiger partial charge in [-0.1, -0.05) is 24.3 Å². The van der Waals surface area contributed by atoms with Crippen LogP contribution in [0.5, 0.6) is 5.75 Å². The largest absolute Gasteiger partial charge is 0.496 e. The summed E-state index contributed by atoms with van der Waals surface area (Å²) in [5.41, 5.74) is 3.83. The van der Waals surface area contributed by atoms with Crippen LogP contribution in [-0.4, -0.2) is 30.0 Å². The van der Waals surface area contributed by atoms with Crippen molar-refractivity contribution in [1.82, 2.24) is 4.90 Å². The van der Waals surface area contributed by atoms with Crippen molar-refractivity contribution >= 4 is 23.3 Å². The summed E-state index contributed by atoms with van der Waals surface area (Å²) in [6.07, 6.45) is 3.24. The molecule has 0 radical (unpaired) electrons. The number of rotatable bonds is 4. The van der Waals surface area contributed by atoms with Crippen molar-refractivity contribution in [2.45, 2.75) is 45.2 Å². The number of nitrogens with one attached hydrogen (secondary N) is 2. The van der Waals surface area contributed by atoms with E-state index >= 15 is 0 Å². The third kappa shape index (κ3) is 4.06. The molecular weight excluding hydrogens is 366 g/mol. The molecule has 4 rings (SSSR count). The van der Waals surface area contributed by atoms with Gasteiger partial charge in [0.2, 0.25) is 5.91 Å². The van der Waals surface area contributed by atoms with Crippen molar-refractivity contribution in [3.05, 3.63) is 53.6 Å². The number of fused-ring (bicyclic) bond motifs is 1. The Morgan fingerprint density at radius 1 is 1.14 bits per heavy atom. The summed E-state index contributed by atoms with van der Waals surface area (Å²) >= 11 is 0. The third-order valence-electron chi connectivity index (χ3n) is 6.04. The fourth-order valence-electron chi connectivity index (χ4n) is 4.31. The summed E-state index contributed by atoms with van der Waals surface area (Å²) in [4.78, 5) is 27.2.